The van der Waals surface area contributed by atoms with Crippen LogP contribution >= 0.6 is 25.3 Å². The van der Waals surface area contributed by atoms with E-state index in [0.717, 1.165) is 0 Å². The summed E-state index contributed by atoms with van der Waals surface area (Å²) in [5, 5.41) is 0.411. The summed E-state index contributed by atoms with van der Waals surface area (Å²) in [5.74, 6) is 0.567. The van der Waals surface area contributed by atoms with Crippen LogP contribution in [-0.4, -0.2) is 25.0 Å². The number of aromatic nitrogens is 3. The van der Waals surface area contributed by atoms with Gasteiger partial charge in [-0.25, -0.2) is 9.78 Å². The lowest BCUT2D eigenvalue weighted by Gasteiger charge is -2.20. The van der Waals surface area contributed by atoms with Crippen LogP contribution in [0, 0.1) is 0 Å². The Bertz CT molecular complexity index is 706. The highest BCUT2D eigenvalue weighted by Gasteiger charge is 2.18. The zero-order valence-electron chi connectivity index (χ0n) is 10.5. The van der Waals surface area contributed by atoms with Crippen molar-refractivity contribution in [3.8, 4) is 0 Å². The maximum Gasteiger partial charge on any atom is 0.329 e. The fraction of sp³-hybridized carbons (Fsp3) is 0.417. The molecule has 19 heavy (non-hydrogen) atoms. The molecule has 0 aliphatic heterocycles. The van der Waals surface area contributed by atoms with Crippen molar-refractivity contribution in [2.45, 2.75) is 24.6 Å². The third kappa shape index (κ3) is 3.03. The summed E-state index contributed by atoms with van der Waals surface area (Å²) in [7, 11) is 0. The van der Waals surface area contributed by atoms with Gasteiger partial charge >= 0.3 is 5.69 Å². The average molecular weight is 297 g/mol. The summed E-state index contributed by atoms with van der Waals surface area (Å²) >= 11 is 8.64. The fourth-order valence-corrected chi connectivity index (χ4v) is 1.98. The Morgan fingerprint density at radius 3 is 2.89 bits per heavy atom. The lowest BCUT2D eigenvalue weighted by Crippen LogP contribution is -2.37. The Hall–Kier alpha value is -1.21. The van der Waals surface area contributed by atoms with E-state index in [1.807, 2.05) is 6.92 Å². The second-order valence-electron chi connectivity index (χ2n) is 4.69. The minimum Gasteiger partial charge on any atom is -0.291 e. The Balaban J connectivity index is 2.44. The minimum atomic E-state index is -0.445. The number of nitrogens with zero attached hydrogens (tertiary/aromatic N) is 2. The molecule has 2 rings (SSSR count). The molecule has 0 saturated carbocycles. The van der Waals surface area contributed by atoms with Gasteiger partial charge in [-0.05, 0) is 25.5 Å². The van der Waals surface area contributed by atoms with Crippen LogP contribution in [0.1, 0.15) is 13.3 Å². The minimum absolute atomic E-state index is 0.305. The highest BCUT2D eigenvalue weighted by atomic mass is 32.1. The van der Waals surface area contributed by atoms with Gasteiger partial charge in [0, 0.05) is 23.2 Å². The summed E-state index contributed by atoms with van der Waals surface area (Å²) in [6.45, 7) is 2.23. The van der Waals surface area contributed by atoms with Gasteiger partial charge in [0.2, 0.25) is 0 Å². The van der Waals surface area contributed by atoms with Crippen molar-refractivity contribution in [1.29, 1.82) is 0 Å². The molecule has 0 aliphatic rings. The molecule has 5 nitrogen and oxygen atoms in total. The second kappa shape index (κ2) is 5.42. The van der Waals surface area contributed by atoms with E-state index in [-0.39, 0.29) is 10.3 Å². The zero-order chi connectivity index (χ0) is 14.0. The molecule has 0 saturated heterocycles. The van der Waals surface area contributed by atoms with E-state index in [4.69, 9.17) is 0 Å². The number of thiol groups is 2. The molecule has 7 heteroatoms. The van der Waals surface area contributed by atoms with Gasteiger partial charge in [0.1, 0.15) is 5.65 Å². The second-order valence-corrected chi connectivity index (χ2v) is 6.09. The molecule has 0 spiro atoms. The quantitative estimate of drug-likeness (QED) is 0.740. The number of aromatic amines is 1. The Morgan fingerprint density at radius 2 is 2.21 bits per heavy atom. The van der Waals surface area contributed by atoms with E-state index in [2.05, 4.69) is 35.2 Å². The third-order valence-corrected chi connectivity index (χ3v) is 4.30. The van der Waals surface area contributed by atoms with Gasteiger partial charge < -0.3 is 0 Å². The molecule has 102 valence electrons. The van der Waals surface area contributed by atoms with E-state index < -0.39 is 5.69 Å². The van der Waals surface area contributed by atoms with Crippen molar-refractivity contribution in [2.75, 3.05) is 5.75 Å². The van der Waals surface area contributed by atoms with Gasteiger partial charge in [-0.15, -0.1) is 0 Å². The lowest BCUT2D eigenvalue weighted by molar-refractivity contribution is 0.535. The van der Waals surface area contributed by atoms with E-state index >= 15 is 0 Å². The number of nitrogens with one attached hydrogen (secondary N) is 1. The molecule has 1 atom stereocenters. The monoisotopic (exact) mass is 297 g/mol. The first-order valence-electron chi connectivity index (χ1n) is 5.86. The van der Waals surface area contributed by atoms with Crippen LogP contribution in [0.15, 0.2) is 27.9 Å². The largest absolute Gasteiger partial charge is 0.329 e. The zero-order valence-corrected chi connectivity index (χ0v) is 12.2. The van der Waals surface area contributed by atoms with E-state index in [9.17, 15) is 9.59 Å². The standard InChI is InChI=1S/C12H15N3O2S2/c1-12(19,7-18)4-6-15-10(16)8-3-2-5-13-9(8)14-11(15)17/h2-3,5,18-19H,4,6-7H2,1H3,(H,13,14,17). The van der Waals surface area contributed by atoms with Gasteiger partial charge in [-0.1, -0.05) is 0 Å². The van der Waals surface area contributed by atoms with Gasteiger partial charge in [0.05, 0.1) is 5.39 Å². The van der Waals surface area contributed by atoms with Crippen LogP contribution in [0.3, 0.4) is 0 Å². The third-order valence-electron chi connectivity index (χ3n) is 2.97. The first-order chi connectivity index (χ1) is 8.94. The molecule has 0 amide bonds. The van der Waals surface area contributed by atoms with Crippen molar-refractivity contribution in [3.63, 3.8) is 0 Å². The smallest absolute Gasteiger partial charge is 0.291 e. The number of fused-ring (bicyclic) bond motifs is 1. The van der Waals surface area contributed by atoms with Gasteiger partial charge in [0.25, 0.3) is 5.56 Å². The number of hydrogen-bond acceptors (Lipinski definition) is 5. The number of pyridine rings is 1. The molecule has 0 aromatic carbocycles. The molecule has 0 aliphatic carbocycles. The predicted octanol–water partition coefficient (Wildman–Crippen LogP) is 1.09. The van der Waals surface area contributed by atoms with Crippen molar-refractivity contribution in [1.82, 2.24) is 14.5 Å². The Morgan fingerprint density at radius 1 is 1.47 bits per heavy atom. The van der Waals surface area contributed by atoms with Crippen LogP contribution < -0.4 is 11.2 Å². The van der Waals surface area contributed by atoms with E-state index in [0.29, 0.717) is 29.8 Å². The normalized spacial score (nSPS) is 14.5. The molecule has 0 radical (unpaired) electrons. The van der Waals surface area contributed by atoms with Crippen LogP contribution in [0.2, 0.25) is 0 Å². The lowest BCUT2D eigenvalue weighted by atomic mass is 10.1. The summed E-state index contributed by atoms with van der Waals surface area (Å²) in [4.78, 5) is 30.7. The maximum atomic E-state index is 12.2. The molecular weight excluding hydrogens is 282 g/mol. The summed E-state index contributed by atoms with van der Waals surface area (Å²) in [6, 6.07) is 3.32. The van der Waals surface area contributed by atoms with Crippen LogP contribution in [0.5, 0.6) is 0 Å². The average Bonchev–Trinajstić information content (AvgIpc) is 2.38. The van der Waals surface area contributed by atoms with E-state index in [1.54, 1.807) is 12.1 Å². The Kier molecular flexibility index (Phi) is 4.05. The van der Waals surface area contributed by atoms with Crippen LogP contribution in [0.4, 0.5) is 0 Å². The van der Waals surface area contributed by atoms with Crippen molar-refractivity contribution in [2.24, 2.45) is 0 Å². The highest BCUT2D eigenvalue weighted by molar-refractivity contribution is 7.85. The molecule has 2 aromatic heterocycles. The Labute approximate surface area is 120 Å². The predicted molar refractivity (Wildman–Crippen MR) is 82.5 cm³/mol. The number of hydrogen-bond donors (Lipinski definition) is 3. The number of rotatable bonds is 4. The first kappa shape index (κ1) is 14.2. The number of H-pyrrole nitrogens is 1. The summed E-state index contributed by atoms with van der Waals surface area (Å²) in [6.07, 6.45) is 2.11. The molecule has 1 N–H and O–H groups in total. The van der Waals surface area contributed by atoms with Crippen LogP contribution in [-0.2, 0) is 6.54 Å². The SMILES string of the molecule is CC(S)(CS)CCn1c(=O)[nH]c2ncccc2c1=O. The molecular formula is C12H15N3O2S2. The molecule has 1 unspecified atom stereocenters. The van der Waals surface area contributed by atoms with Crippen molar-refractivity contribution < 1.29 is 0 Å². The van der Waals surface area contributed by atoms with E-state index in [1.165, 1.54) is 10.8 Å². The molecule has 0 bridgehead atoms. The van der Waals surface area contributed by atoms with Gasteiger partial charge in [0.15, 0.2) is 0 Å². The van der Waals surface area contributed by atoms with Crippen molar-refractivity contribution in [3.05, 3.63) is 39.2 Å². The first-order valence-corrected chi connectivity index (χ1v) is 6.94. The highest BCUT2D eigenvalue weighted by Crippen LogP contribution is 2.20. The van der Waals surface area contributed by atoms with Gasteiger partial charge in [-0.2, -0.15) is 25.3 Å². The maximum absolute atomic E-state index is 12.2. The summed E-state index contributed by atoms with van der Waals surface area (Å²) in [5.41, 5.74) is -0.453. The van der Waals surface area contributed by atoms with Crippen molar-refractivity contribution >= 4 is 36.3 Å². The molecule has 2 aromatic rings. The molecule has 2 heterocycles. The fourth-order valence-electron chi connectivity index (χ4n) is 1.72. The van der Waals surface area contributed by atoms with Gasteiger partial charge in [-0.3, -0.25) is 14.3 Å². The molecule has 0 fully saturated rings. The summed E-state index contributed by atoms with van der Waals surface area (Å²) < 4.78 is 0.862. The topological polar surface area (TPSA) is 67.8 Å². The van der Waals surface area contributed by atoms with Crippen LogP contribution in [0.25, 0.3) is 11.0 Å².